The van der Waals surface area contributed by atoms with Gasteiger partial charge in [-0.2, -0.15) is 8.42 Å². The first-order chi connectivity index (χ1) is 11.1. The Balaban J connectivity index is 5.21. The van der Waals surface area contributed by atoms with Crippen LogP contribution in [0.5, 0.6) is 0 Å². The van der Waals surface area contributed by atoms with E-state index < -0.39 is 33.5 Å². The second kappa shape index (κ2) is 10.3. The molecule has 2 atom stereocenters. The number of carbonyl (C=O) groups is 2. The monoisotopic (exact) mass is 362 g/mol. The van der Waals surface area contributed by atoms with Gasteiger partial charge in [-0.05, 0) is 33.4 Å². The van der Waals surface area contributed by atoms with Crippen LogP contribution in [0, 0.1) is 0 Å². The molecule has 0 aromatic heterocycles. The molecule has 0 aromatic rings. The smallest absolute Gasteiger partial charge is 0.343 e. The van der Waals surface area contributed by atoms with Gasteiger partial charge in [0.15, 0.2) is 0 Å². The van der Waals surface area contributed by atoms with Gasteiger partial charge in [0.1, 0.15) is 5.37 Å². The molecule has 0 aliphatic rings. The molecule has 0 aliphatic carbocycles. The van der Waals surface area contributed by atoms with Crippen LogP contribution >= 0.6 is 0 Å². The Hall–Kier alpha value is -1.55. The predicted molar refractivity (Wildman–Crippen MR) is 90.3 cm³/mol. The van der Waals surface area contributed by atoms with Crippen molar-refractivity contribution in [3.05, 3.63) is 24.3 Å². The fraction of sp³-hybridized carbons (Fsp3) is 0.600. The Morgan fingerprint density at radius 3 is 2.33 bits per heavy atom. The van der Waals surface area contributed by atoms with Gasteiger partial charge in [0.05, 0.1) is 12.7 Å². The van der Waals surface area contributed by atoms with E-state index in [1.165, 1.54) is 11.0 Å². The number of esters is 2. The number of carbonyl (C=O) groups excluding carboxylic acids is 2. The summed E-state index contributed by atoms with van der Waals surface area (Å²) in [4.78, 5) is 24.6. The van der Waals surface area contributed by atoms with Gasteiger partial charge < -0.3 is 10.5 Å². The van der Waals surface area contributed by atoms with Crippen molar-refractivity contribution in [1.29, 1.82) is 0 Å². The lowest BCUT2D eigenvalue weighted by Gasteiger charge is -2.22. The lowest BCUT2D eigenvalue weighted by atomic mass is 10.0. The Morgan fingerprint density at radius 2 is 1.92 bits per heavy atom. The largest absolute Gasteiger partial charge is 0.386 e. The van der Waals surface area contributed by atoms with Gasteiger partial charge in [-0.15, -0.1) is 0 Å². The first-order valence-corrected chi connectivity index (χ1v) is 8.87. The molecular weight excluding hydrogens is 336 g/mol. The lowest BCUT2D eigenvalue weighted by molar-refractivity contribution is -0.153. The Kier molecular flexibility index (Phi) is 9.67. The molecule has 24 heavy (non-hydrogen) atoms. The maximum atomic E-state index is 12.0. The van der Waals surface area contributed by atoms with Crippen molar-refractivity contribution in [1.82, 2.24) is 4.90 Å². The van der Waals surface area contributed by atoms with E-state index in [0.717, 1.165) is 13.2 Å². The number of hydrogen-bond acceptors (Lipinski definition) is 8. The lowest BCUT2D eigenvalue weighted by Crippen LogP contribution is -2.36. The zero-order valence-electron chi connectivity index (χ0n) is 14.5. The molecule has 2 N–H and O–H groups in total. The molecule has 0 amide bonds. The van der Waals surface area contributed by atoms with Crippen LogP contribution in [-0.4, -0.2) is 57.9 Å². The number of hydrogen-bond donors (Lipinski definition) is 1. The van der Waals surface area contributed by atoms with Crippen molar-refractivity contribution in [2.24, 2.45) is 5.73 Å². The third-order valence-electron chi connectivity index (χ3n) is 3.35. The third-order valence-corrected chi connectivity index (χ3v) is 5.14. The van der Waals surface area contributed by atoms with Crippen LogP contribution in [0.25, 0.3) is 0 Å². The first-order valence-electron chi connectivity index (χ1n) is 7.40. The molecule has 0 fully saturated rings. The summed E-state index contributed by atoms with van der Waals surface area (Å²) in [6, 6.07) is -0.619. The molecular formula is C15H26N2O6S. The van der Waals surface area contributed by atoms with Gasteiger partial charge in [0.25, 0.3) is 10.1 Å². The number of nitrogens with zero attached hydrogens (tertiary/aromatic N) is 1. The standard InChI is InChI=1S/C15H26N2O6S/c1-6-12(16)11(15(19)23-14(18)7-2)9-8-10-13(17(3)4)24(20,21)22-5/h7,9,12-13H,2,6,8,10,16H2,1,3-5H3. The predicted octanol–water partition coefficient (Wildman–Crippen LogP) is 0.550. The molecule has 0 spiro atoms. The maximum Gasteiger partial charge on any atom is 0.343 e. The molecule has 0 aromatic carbocycles. The highest BCUT2D eigenvalue weighted by molar-refractivity contribution is 7.87. The van der Waals surface area contributed by atoms with Crippen LogP contribution in [0.15, 0.2) is 24.3 Å². The molecule has 2 unspecified atom stereocenters. The molecule has 0 saturated carbocycles. The van der Waals surface area contributed by atoms with Crippen molar-refractivity contribution < 1.29 is 26.9 Å². The average Bonchev–Trinajstić information content (AvgIpc) is 2.53. The summed E-state index contributed by atoms with van der Waals surface area (Å²) in [7, 11) is 0.574. The summed E-state index contributed by atoms with van der Waals surface area (Å²) in [5, 5.41) is -0.872. The summed E-state index contributed by atoms with van der Waals surface area (Å²) < 4.78 is 32.9. The minimum atomic E-state index is -3.74. The quantitative estimate of drug-likeness (QED) is 0.259. The van der Waals surface area contributed by atoms with Crippen LogP contribution in [0.1, 0.15) is 26.2 Å². The minimum absolute atomic E-state index is 0.125. The second-order valence-electron chi connectivity index (χ2n) is 5.24. The van der Waals surface area contributed by atoms with Crippen molar-refractivity contribution in [3.63, 3.8) is 0 Å². The molecule has 0 heterocycles. The van der Waals surface area contributed by atoms with Gasteiger partial charge in [-0.25, -0.2) is 9.59 Å². The van der Waals surface area contributed by atoms with Gasteiger partial charge in [0, 0.05) is 12.1 Å². The molecule has 0 radical (unpaired) electrons. The molecule has 0 rings (SSSR count). The van der Waals surface area contributed by atoms with Crippen molar-refractivity contribution in [2.45, 2.75) is 37.6 Å². The molecule has 138 valence electrons. The SMILES string of the molecule is C=CC(=O)OC(=O)C(=CCCC(N(C)C)S(=O)(=O)OC)C(N)CC. The summed E-state index contributed by atoms with van der Waals surface area (Å²) >= 11 is 0. The molecule has 0 bridgehead atoms. The summed E-state index contributed by atoms with van der Waals surface area (Å²) in [6.45, 7) is 4.99. The van der Waals surface area contributed by atoms with Crippen LogP contribution < -0.4 is 5.73 Å². The Labute approximate surface area is 143 Å². The second-order valence-corrected chi connectivity index (χ2v) is 7.11. The van der Waals surface area contributed by atoms with Crippen LogP contribution in [0.3, 0.4) is 0 Å². The van der Waals surface area contributed by atoms with E-state index >= 15 is 0 Å². The summed E-state index contributed by atoms with van der Waals surface area (Å²) in [5.41, 5.74) is 5.99. The molecule has 9 heteroatoms. The van der Waals surface area contributed by atoms with E-state index in [2.05, 4.69) is 15.5 Å². The molecule has 8 nitrogen and oxygen atoms in total. The van der Waals surface area contributed by atoms with Gasteiger partial charge in [-0.1, -0.05) is 19.6 Å². The molecule has 0 saturated heterocycles. The van der Waals surface area contributed by atoms with E-state index in [1.54, 1.807) is 21.0 Å². The Bertz CT molecular complexity index is 583. The van der Waals surface area contributed by atoms with Gasteiger partial charge in [-0.3, -0.25) is 9.08 Å². The normalized spacial score (nSPS) is 15.0. The average molecular weight is 362 g/mol. The van der Waals surface area contributed by atoms with E-state index in [1.807, 2.05) is 0 Å². The van der Waals surface area contributed by atoms with Gasteiger partial charge >= 0.3 is 11.9 Å². The summed E-state index contributed by atoms with van der Waals surface area (Å²) in [6.07, 6.45) is 3.25. The highest BCUT2D eigenvalue weighted by Gasteiger charge is 2.27. The number of rotatable bonds is 10. The van der Waals surface area contributed by atoms with Crippen molar-refractivity contribution >= 4 is 22.1 Å². The first kappa shape index (κ1) is 22.4. The van der Waals surface area contributed by atoms with Crippen LogP contribution in [0.4, 0.5) is 0 Å². The van der Waals surface area contributed by atoms with E-state index in [-0.39, 0.29) is 18.4 Å². The zero-order valence-corrected chi connectivity index (χ0v) is 15.3. The van der Waals surface area contributed by atoms with Crippen molar-refractivity contribution in [2.75, 3.05) is 21.2 Å². The highest BCUT2D eigenvalue weighted by Crippen LogP contribution is 2.16. The maximum absolute atomic E-state index is 12.0. The number of ether oxygens (including phenoxy) is 1. The fourth-order valence-corrected chi connectivity index (χ4v) is 3.11. The van der Waals surface area contributed by atoms with Gasteiger partial charge in [0.2, 0.25) is 0 Å². The van der Waals surface area contributed by atoms with E-state index in [4.69, 9.17) is 5.73 Å². The third kappa shape index (κ3) is 6.91. The number of nitrogens with two attached hydrogens (primary N) is 1. The topological polar surface area (TPSA) is 116 Å². The van der Waals surface area contributed by atoms with Crippen LogP contribution in [-0.2, 0) is 28.6 Å². The zero-order chi connectivity index (χ0) is 18.9. The summed E-state index contributed by atoms with van der Waals surface area (Å²) in [5.74, 6) is -1.73. The van der Waals surface area contributed by atoms with E-state index in [0.29, 0.717) is 6.42 Å². The van der Waals surface area contributed by atoms with Crippen molar-refractivity contribution in [3.8, 4) is 0 Å². The highest BCUT2D eigenvalue weighted by atomic mass is 32.2. The molecule has 0 aliphatic heterocycles. The minimum Gasteiger partial charge on any atom is -0.386 e. The van der Waals surface area contributed by atoms with E-state index in [9.17, 15) is 18.0 Å². The van der Waals surface area contributed by atoms with Crippen LogP contribution in [0.2, 0.25) is 0 Å². The fourth-order valence-electron chi connectivity index (χ4n) is 1.95. The Morgan fingerprint density at radius 1 is 1.33 bits per heavy atom. The number of allylic oxidation sites excluding steroid dienone is 1.